The van der Waals surface area contributed by atoms with Crippen LogP contribution in [0.15, 0.2) is 24.3 Å². The van der Waals surface area contributed by atoms with Gasteiger partial charge in [0.25, 0.3) is 0 Å². The number of alkyl carbamates (subject to hydrolysis) is 1. The summed E-state index contributed by atoms with van der Waals surface area (Å²) in [6.45, 7) is 5.66. The lowest BCUT2D eigenvalue weighted by Crippen LogP contribution is -2.37. The fourth-order valence-electron chi connectivity index (χ4n) is 2.17. The minimum Gasteiger partial charge on any atom is -0.439 e. The zero-order valence-electron chi connectivity index (χ0n) is 12.8. The molecule has 0 fully saturated rings. The van der Waals surface area contributed by atoms with Gasteiger partial charge in [-0.25, -0.2) is 4.79 Å². The molecule has 21 heavy (non-hydrogen) atoms. The number of ether oxygens (including phenoxy) is 1. The molecule has 2 N–H and O–H groups in total. The van der Waals surface area contributed by atoms with Crippen LogP contribution in [0.5, 0.6) is 0 Å². The number of nitrogens with one attached hydrogen (secondary N) is 1. The average Bonchev–Trinajstić information content (AvgIpc) is 2.45. The number of amides is 1. The normalized spacial score (nSPS) is 15.1. The van der Waals surface area contributed by atoms with Crippen molar-refractivity contribution in [2.75, 3.05) is 0 Å². The quantitative estimate of drug-likeness (QED) is 0.798. The molecule has 3 unspecified atom stereocenters. The number of rotatable bonds is 7. The number of halogens is 1. The van der Waals surface area contributed by atoms with Gasteiger partial charge in [-0.1, -0.05) is 50.1 Å². The predicted octanol–water partition coefficient (Wildman–Crippen LogP) is 4.07. The lowest BCUT2D eigenvalue weighted by atomic mass is 10.1. The molecular weight excluding hydrogens is 290 g/mol. The van der Waals surface area contributed by atoms with E-state index in [2.05, 4.69) is 12.2 Å². The van der Waals surface area contributed by atoms with Crippen LogP contribution in [-0.4, -0.2) is 23.3 Å². The average molecular weight is 314 g/mol. The van der Waals surface area contributed by atoms with Gasteiger partial charge in [-0.3, -0.25) is 0 Å². The van der Waals surface area contributed by atoms with Crippen molar-refractivity contribution >= 4 is 17.7 Å². The highest BCUT2D eigenvalue weighted by molar-refractivity contribution is 6.31. The van der Waals surface area contributed by atoms with Gasteiger partial charge in [-0.15, -0.1) is 0 Å². The number of hydrogen-bond donors (Lipinski definition) is 2. The maximum Gasteiger partial charge on any atom is 0.408 e. The lowest BCUT2D eigenvalue weighted by molar-refractivity contribution is 0.00934. The van der Waals surface area contributed by atoms with Crippen molar-refractivity contribution in [1.82, 2.24) is 5.32 Å². The van der Waals surface area contributed by atoms with E-state index < -0.39 is 18.3 Å². The monoisotopic (exact) mass is 313 g/mol. The standard InChI is InChI=1S/C16H24ClNO3/c1-4-8-12(5-2)18-16(20)21-15(11(3)19)13-9-6-7-10-14(13)17/h6-7,9-12,15,19H,4-5,8H2,1-3H3,(H,18,20). The Morgan fingerprint density at radius 1 is 1.38 bits per heavy atom. The summed E-state index contributed by atoms with van der Waals surface area (Å²) in [7, 11) is 0. The van der Waals surface area contributed by atoms with Crippen LogP contribution in [0.4, 0.5) is 4.79 Å². The Kier molecular flexibility index (Phi) is 7.54. The fraction of sp³-hybridized carbons (Fsp3) is 0.562. The van der Waals surface area contributed by atoms with Gasteiger partial charge in [0, 0.05) is 16.6 Å². The van der Waals surface area contributed by atoms with E-state index in [1.165, 1.54) is 0 Å². The molecule has 0 aliphatic carbocycles. The largest absolute Gasteiger partial charge is 0.439 e. The molecule has 1 aromatic rings. The summed E-state index contributed by atoms with van der Waals surface area (Å²) in [5.41, 5.74) is 0.604. The number of aliphatic hydroxyl groups excluding tert-OH is 1. The van der Waals surface area contributed by atoms with Crippen molar-refractivity contribution in [1.29, 1.82) is 0 Å². The van der Waals surface area contributed by atoms with Crippen molar-refractivity contribution in [2.45, 2.75) is 58.3 Å². The third-order valence-electron chi connectivity index (χ3n) is 3.34. The van der Waals surface area contributed by atoms with Crippen LogP contribution >= 0.6 is 11.6 Å². The summed E-state index contributed by atoms with van der Waals surface area (Å²) >= 11 is 6.11. The molecule has 4 nitrogen and oxygen atoms in total. The fourth-order valence-corrected chi connectivity index (χ4v) is 2.41. The third kappa shape index (κ3) is 5.56. The Morgan fingerprint density at radius 2 is 2.05 bits per heavy atom. The maximum absolute atomic E-state index is 12.0. The molecular formula is C16H24ClNO3. The SMILES string of the molecule is CCCC(CC)NC(=O)OC(c1ccccc1Cl)C(C)O. The number of aliphatic hydroxyl groups is 1. The van der Waals surface area contributed by atoms with Crippen molar-refractivity contribution in [3.63, 3.8) is 0 Å². The Bertz CT molecular complexity index is 451. The van der Waals surface area contributed by atoms with Gasteiger partial charge in [0.15, 0.2) is 6.10 Å². The van der Waals surface area contributed by atoms with Gasteiger partial charge in [0.1, 0.15) is 0 Å². The van der Waals surface area contributed by atoms with E-state index in [0.29, 0.717) is 10.6 Å². The molecule has 0 radical (unpaired) electrons. The second-order valence-electron chi connectivity index (χ2n) is 5.13. The van der Waals surface area contributed by atoms with E-state index in [4.69, 9.17) is 16.3 Å². The van der Waals surface area contributed by atoms with E-state index in [-0.39, 0.29) is 6.04 Å². The molecule has 0 aliphatic heterocycles. The van der Waals surface area contributed by atoms with Gasteiger partial charge >= 0.3 is 6.09 Å². The van der Waals surface area contributed by atoms with E-state index in [1.807, 2.05) is 6.92 Å². The Morgan fingerprint density at radius 3 is 2.57 bits per heavy atom. The predicted molar refractivity (Wildman–Crippen MR) is 84.5 cm³/mol. The second kappa shape index (κ2) is 8.90. The molecule has 0 saturated carbocycles. The highest BCUT2D eigenvalue weighted by Gasteiger charge is 2.24. The van der Waals surface area contributed by atoms with Gasteiger partial charge in [0.05, 0.1) is 6.10 Å². The van der Waals surface area contributed by atoms with Gasteiger partial charge in [-0.05, 0) is 25.8 Å². The second-order valence-corrected chi connectivity index (χ2v) is 5.53. The summed E-state index contributed by atoms with van der Waals surface area (Å²) in [5.74, 6) is 0. The molecule has 0 aromatic heterocycles. The third-order valence-corrected chi connectivity index (χ3v) is 3.68. The van der Waals surface area contributed by atoms with Crippen LogP contribution in [0, 0.1) is 0 Å². The summed E-state index contributed by atoms with van der Waals surface area (Å²) in [5, 5.41) is 13.2. The number of carbonyl (C=O) groups is 1. The van der Waals surface area contributed by atoms with Crippen LogP contribution in [-0.2, 0) is 4.74 Å². The molecule has 3 atom stereocenters. The van der Waals surface area contributed by atoms with Crippen LogP contribution in [0.1, 0.15) is 51.7 Å². The van der Waals surface area contributed by atoms with Crippen LogP contribution in [0.2, 0.25) is 5.02 Å². The zero-order chi connectivity index (χ0) is 15.8. The highest BCUT2D eigenvalue weighted by Crippen LogP contribution is 2.28. The molecule has 5 heteroatoms. The van der Waals surface area contributed by atoms with Crippen molar-refractivity contribution in [3.05, 3.63) is 34.9 Å². The first-order chi connectivity index (χ1) is 9.99. The minimum atomic E-state index is -0.845. The lowest BCUT2D eigenvalue weighted by Gasteiger charge is -2.24. The topological polar surface area (TPSA) is 58.6 Å². The summed E-state index contributed by atoms with van der Waals surface area (Å²) < 4.78 is 5.37. The van der Waals surface area contributed by atoms with E-state index in [1.54, 1.807) is 31.2 Å². The first kappa shape index (κ1) is 17.8. The Labute approximate surface area is 131 Å². The molecule has 1 aromatic carbocycles. The summed E-state index contributed by atoms with van der Waals surface area (Å²) in [6, 6.07) is 7.13. The highest BCUT2D eigenvalue weighted by atomic mass is 35.5. The molecule has 0 saturated heterocycles. The molecule has 0 aliphatic rings. The zero-order valence-corrected chi connectivity index (χ0v) is 13.6. The van der Waals surface area contributed by atoms with Crippen molar-refractivity contribution in [2.24, 2.45) is 0 Å². The van der Waals surface area contributed by atoms with E-state index in [9.17, 15) is 9.90 Å². The molecule has 118 valence electrons. The Balaban J connectivity index is 2.75. The number of benzene rings is 1. The van der Waals surface area contributed by atoms with Crippen LogP contribution in [0.25, 0.3) is 0 Å². The summed E-state index contributed by atoms with van der Waals surface area (Å²) in [4.78, 5) is 12.0. The van der Waals surface area contributed by atoms with E-state index in [0.717, 1.165) is 19.3 Å². The first-order valence-electron chi connectivity index (χ1n) is 7.39. The van der Waals surface area contributed by atoms with Crippen LogP contribution in [0.3, 0.4) is 0 Å². The molecule has 1 amide bonds. The van der Waals surface area contributed by atoms with Crippen LogP contribution < -0.4 is 5.32 Å². The summed E-state index contributed by atoms with van der Waals surface area (Å²) in [6.07, 6.45) is 0.579. The number of carbonyl (C=O) groups excluding carboxylic acids is 1. The van der Waals surface area contributed by atoms with Crippen molar-refractivity contribution in [3.8, 4) is 0 Å². The molecule has 0 heterocycles. The smallest absolute Gasteiger partial charge is 0.408 e. The van der Waals surface area contributed by atoms with Crippen molar-refractivity contribution < 1.29 is 14.6 Å². The van der Waals surface area contributed by atoms with Gasteiger partial charge < -0.3 is 15.2 Å². The maximum atomic E-state index is 12.0. The number of hydrogen-bond acceptors (Lipinski definition) is 3. The van der Waals surface area contributed by atoms with E-state index >= 15 is 0 Å². The van der Waals surface area contributed by atoms with Gasteiger partial charge in [-0.2, -0.15) is 0 Å². The van der Waals surface area contributed by atoms with Gasteiger partial charge in [0.2, 0.25) is 0 Å². The minimum absolute atomic E-state index is 0.0865. The molecule has 0 spiro atoms. The Hall–Kier alpha value is -1.26. The first-order valence-corrected chi connectivity index (χ1v) is 7.77. The molecule has 1 rings (SSSR count). The molecule has 0 bridgehead atoms.